The Morgan fingerprint density at radius 1 is 0.833 bits per heavy atom. The molecule has 0 bridgehead atoms. The average Bonchev–Trinajstić information content (AvgIpc) is 2.86. The van der Waals surface area contributed by atoms with Gasteiger partial charge in [-0.25, -0.2) is 0 Å². The Morgan fingerprint density at radius 3 is 1.71 bits per heavy atom. The number of carbonyl (C=O) groups excluding carboxylic acids is 1. The largest absolute Gasteiger partial charge is 0.459 e. The standard InChI is InChI=1S/C33H71NO6Si2/c1-18-26(10)30(34)28(40-42(23(4)5,24(6)7)25(8)9)19-29(35)39-31(22(2)3)32(37-21-36-15)27(11)20-38-41(16,17)33(12,13)14/h22-28,30-32H,18-21,34H2,1-17H3/t26-,27+,28-,30+,31-,32-/m0/s1. The topological polar surface area (TPSA) is 89.2 Å². The Bertz CT molecular complexity index is 746. The minimum absolute atomic E-state index is 0.00762. The van der Waals surface area contributed by atoms with Crippen molar-refractivity contribution in [1.82, 2.24) is 0 Å². The second-order valence-electron chi connectivity index (χ2n) is 15.4. The SMILES string of the molecule is CC[C@H](C)[C@@H](N)[C@H](CC(=O)O[C@@H](C(C)C)[C@@H](OCOC)[C@H](C)CO[Si](C)(C)C(C)(C)C)O[Si](C(C)C)(C(C)C)C(C)C. The highest BCUT2D eigenvalue weighted by Gasteiger charge is 2.48. The van der Waals surface area contributed by atoms with Crippen LogP contribution < -0.4 is 5.73 Å². The molecule has 0 radical (unpaired) electrons. The Kier molecular flexibility index (Phi) is 17.9. The minimum Gasteiger partial charge on any atom is -0.459 e. The number of hydrogen-bond acceptors (Lipinski definition) is 7. The van der Waals surface area contributed by atoms with E-state index in [9.17, 15) is 4.79 Å². The van der Waals surface area contributed by atoms with Crippen LogP contribution in [0.3, 0.4) is 0 Å². The summed E-state index contributed by atoms with van der Waals surface area (Å²) >= 11 is 0. The van der Waals surface area contributed by atoms with Gasteiger partial charge in [-0.05, 0) is 46.6 Å². The van der Waals surface area contributed by atoms with Gasteiger partial charge >= 0.3 is 5.97 Å². The summed E-state index contributed by atoms with van der Waals surface area (Å²) in [6.07, 6.45) is -0.202. The summed E-state index contributed by atoms with van der Waals surface area (Å²) in [6.45, 7) is 35.9. The number of ether oxygens (including phenoxy) is 3. The maximum Gasteiger partial charge on any atom is 0.308 e. The van der Waals surface area contributed by atoms with Gasteiger partial charge in [0.05, 0.1) is 12.5 Å². The van der Waals surface area contributed by atoms with Crippen LogP contribution in [0.25, 0.3) is 0 Å². The predicted molar refractivity (Wildman–Crippen MR) is 182 cm³/mol. The number of methoxy groups -OCH3 is 1. The third-order valence-electron chi connectivity index (χ3n) is 9.86. The molecule has 0 rings (SSSR count). The van der Waals surface area contributed by atoms with Gasteiger partial charge < -0.3 is 28.8 Å². The molecule has 42 heavy (non-hydrogen) atoms. The number of hydrogen-bond donors (Lipinski definition) is 1. The van der Waals surface area contributed by atoms with Gasteiger partial charge in [-0.15, -0.1) is 0 Å². The molecule has 0 aliphatic rings. The summed E-state index contributed by atoms with van der Waals surface area (Å²) in [5.41, 5.74) is 8.00. The maximum absolute atomic E-state index is 13.8. The highest BCUT2D eigenvalue weighted by Crippen LogP contribution is 2.44. The lowest BCUT2D eigenvalue weighted by Gasteiger charge is -2.46. The molecule has 0 unspecified atom stereocenters. The van der Waals surface area contributed by atoms with Gasteiger partial charge in [-0.1, -0.05) is 103 Å². The van der Waals surface area contributed by atoms with E-state index in [1.165, 1.54) is 0 Å². The van der Waals surface area contributed by atoms with Crippen LogP contribution in [-0.4, -0.2) is 67.5 Å². The summed E-state index contributed by atoms with van der Waals surface area (Å²) in [6, 6.07) is -0.263. The number of esters is 1. The second kappa shape index (κ2) is 18.0. The van der Waals surface area contributed by atoms with E-state index < -0.39 is 28.8 Å². The minimum atomic E-state index is -2.28. The first-order valence-corrected chi connectivity index (χ1v) is 21.5. The van der Waals surface area contributed by atoms with Crippen molar-refractivity contribution in [2.75, 3.05) is 20.5 Å². The van der Waals surface area contributed by atoms with Crippen molar-refractivity contribution in [3.05, 3.63) is 0 Å². The van der Waals surface area contributed by atoms with Crippen LogP contribution in [-0.2, 0) is 27.9 Å². The Morgan fingerprint density at radius 2 is 1.33 bits per heavy atom. The number of nitrogens with two attached hydrogens (primary N) is 1. The van der Waals surface area contributed by atoms with Crippen LogP contribution in [0.5, 0.6) is 0 Å². The van der Waals surface area contributed by atoms with E-state index >= 15 is 0 Å². The van der Waals surface area contributed by atoms with Crippen LogP contribution in [0.4, 0.5) is 0 Å². The van der Waals surface area contributed by atoms with Crippen LogP contribution in [0.1, 0.15) is 110 Å². The van der Waals surface area contributed by atoms with Gasteiger partial charge in [0, 0.05) is 25.7 Å². The molecule has 0 heterocycles. The quantitative estimate of drug-likeness (QED) is 0.0816. The lowest BCUT2D eigenvalue weighted by molar-refractivity contribution is -0.181. The molecule has 0 aromatic carbocycles. The fourth-order valence-electron chi connectivity index (χ4n) is 5.89. The molecule has 252 valence electrons. The predicted octanol–water partition coefficient (Wildman–Crippen LogP) is 8.53. The van der Waals surface area contributed by atoms with E-state index in [4.69, 9.17) is 28.8 Å². The molecule has 0 saturated carbocycles. The molecular formula is C33H71NO6Si2. The van der Waals surface area contributed by atoms with Gasteiger partial charge in [0.25, 0.3) is 0 Å². The van der Waals surface area contributed by atoms with Gasteiger partial charge in [0.2, 0.25) is 8.32 Å². The molecule has 0 aliphatic heterocycles. The van der Waals surface area contributed by atoms with Crippen molar-refractivity contribution in [1.29, 1.82) is 0 Å². The highest BCUT2D eigenvalue weighted by molar-refractivity contribution is 6.77. The van der Waals surface area contributed by atoms with E-state index in [0.29, 0.717) is 23.2 Å². The molecule has 0 saturated heterocycles. The highest BCUT2D eigenvalue weighted by atomic mass is 28.4. The first-order valence-electron chi connectivity index (χ1n) is 16.5. The molecule has 0 spiro atoms. The van der Waals surface area contributed by atoms with Gasteiger partial charge in [-0.3, -0.25) is 4.79 Å². The Hall–Kier alpha value is -0.296. The first kappa shape index (κ1) is 41.7. The fraction of sp³-hybridized carbons (Fsp3) is 0.970. The molecule has 0 aromatic rings. The third kappa shape index (κ3) is 11.6. The van der Waals surface area contributed by atoms with Crippen LogP contribution >= 0.6 is 0 Å². The van der Waals surface area contributed by atoms with Crippen molar-refractivity contribution in [3.63, 3.8) is 0 Å². The molecule has 0 fully saturated rings. The summed E-state index contributed by atoms with van der Waals surface area (Å²) in [7, 11) is -2.64. The van der Waals surface area contributed by atoms with Crippen molar-refractivity contribution >= 4 is 22.6 Å². The first-order chi connectivity index (χ1) is 19.1. The summed E-state index contributed by atoms with van der Waals surface area (Å²) < 4.78 is 31.5. The molecular weight excluding hydrogens is 563 g/mol. The van der Waals surface area contributed by atoms with Gasteiger partial charge in [0.1, 0.15) is 19.0 Å². The lowest BCUT2D eigenvalue weighted by Crippen LogP contribution is -2.55. The van der Waals surface area contributed by atoms with Crippen LogP contribution in [0.15, 0.2) is 0 Å². The number of rotatable bonds is 20. The zero-order valence-electron chi connectivity index (χ0n) is 30.6. The Balaban J connectivity index is 6.21. The molecule has 7 nitrogen and oxygen atoms in total. The van der Waals surface area contributed by atoms with Crippen molar-refractivity contribution in [3.8, 4) is 0 Å². The van der Waals surface area contributed by atoms with Crippen molar-refractivity contribution in [2.45, 2.75) is 169 Å². The third-order valence-corrected chi connectivity index (χ3v) is 20.5. The maximum atomic E-state index is 13.8. The summed E-state index contributed by atoms with van der Waals surface area (Å²) in [5, 5.41) is 0.101. The van der Waals surface area contributed by atoms with Crippen molar-refractivity contribution < 1.29 is 27.9 Å². The summed E-state index contributed by atoms with van der Waals surface area (Å²) in [4.78, 5) is 13.8. The molecule has 6 atom stereocenters. The monoisotopic (exact) mass is 633 g/mol. The van der Waals surface area contributed by atoms with E-state index in [0.717, 1.165) is 6.42 Å². The fourth-order valence-corrected chi connectivity index (χ4v) is 12.6. The summed E-state index contributed by atoms with van der Waals surface area (Å²) in [5.74, 6) is -0.0525. The Labute approximate surface area is 262 Å². The average molecular weight is 634 g/mol. The van der Waals surface area contributed by atoms with E-state index in [1.807, 2.05) is 0 Å². The smallest absolute Gasteiger partial charge is 0.308 e. The van der Waals surface area contributed by atoms with Gasteiger partial charge in [0.15, 0.2) is 8.32 Å². The van der Waals surface area contributed by atoms with Crippen molar-refractivity contribution in [2.24, 2.45) is 23.5 Å². The molecule has 0 aliphatic carbocycles. The van der Waals surface area contributed by atoms with E-state index in [1.54, 1.807) is 7.11 Å². The van der Waals surface area contributed by atoms with Crippen LogP contribution in [0.2, 0.25) is 34.8 Å². The van der Waals surface area contributed by atoms with Gasteiger partial charge in [-0.2, -0.15) is 0 Å². The van der Waals surface area contributed by atoms with E-state index in [2.05, 4.69) is 110 Å². The molecule has 9 heteroatoms. The number of carbonyl (C=O) groups is 1. The van der Waals surface area contributed by atoms with E-state index in [-0.39, 0.29) is 54.1 Å². The molecule has 2 N–H and O–H groups in total. The molecule has 0 aromatic heterocycles. The lowest BCUT2D eigenvalue weighted by atomic mass is 9.92. The molecule has 0 amide bonds. The second-order valence-corrected chi connectivity index (χ2v) is 25.6. The zero-order chi connectivity index (χ0) is 33.2. The zero-order valence-corrected chi connectivity index (χ0v) is 32.6. The van der Waals surface area contributed by atoms with Crippen LogP contribution in [0, 0.1) is 17.8 Å². The normalized spacial score (nSPS) is 18.0.